The zero-order valence-corrected chi connectivity index (χ0v) is 10.2. The minimum absolute atomic E-state index is 0.138. The molecule has 5 nitrogen and oxygen atoms in total. The molecule has 1 amide bonds. The molecule has 2 N–H and O–H groups in total. The molecule has 17 heavy (non-hydrogen) atoms. The van der Waals surface area contributed by atoms with E-state index in [0.29, 0.717) is 15.8 Å². The first kappa shape index (κ1) is 11.9. The number of carbonyl (C=O) groups excluding carboxylic acids is 1. The Bertz CT molecular complexity index is 488. The van der Waals surface area contributed by atoms with Crippen LogP contribution < -0.4 is 5.43 Å². The van der Waals surface area contributed by atoms with E-state index in [-0.39, 0.29) is 11.5 Å². The number of nitrogens with one attached hydrogen (secondary N) is 1. The molecule has 1 saturated heterocycles. The van der Waals surface area contributed by atoms with E-state index in [4.69, 9.17) is 17.3 Å². The molecule has 1 aromatic rings. The van der Waals surface area contributed by atoms with Crippen molar-refractivity contribution in [3.63, 3.8) is 0 Å². The second kappa shape index (κ2) is 4.72. The number of hydrazine groups is 1. The summed E-state index contributed by atoms with van der Waals surface area (Å²) in [6.45, 7) is 0. The van der Waals surface area contributed by atoms with E-state index < -0.39 is 5.97 Å². The molecular weight excluding hydrogens is 260 g/mol. The first-order chi connectivity index (χ1) is 8.08. The van der Waals surface area contributed by atoms with E-state index in [9.17, 15) is 9.59 Å². The van der Waals surface area contributed by atoms with Gasteiger partial charge in [0.25, 0.3) is 5.91 Å². The Morgan fingerprint density at radius 3 is 2.88 bits per heavy atom. The summed E-state index contributed by atoms with van der Waals surface area (Å²) in [6.07, 6.45) is 0. The summed E-state index contributed by atoms with van der Waals surface area (Å²) in [5.74, 6) is -0.844. The molecule has 1 aliphatic heterocycles. The van der Waals surface area contributed by atoms with Gasteiger partial charge in [0.1, 0.15) is 0 Å². The first-order valence-electron chi connectivity index (χ1n) is 4.67. The van der Waals surface area contributed by atoms with Crippen molar-refractivity contribution in [3.8, 4) is 0 Å². The number of carbonyl (C=O) groups is 2. The molecule has 0 aromatic heterocycles. The third-order valence-corrected chi connectivity index (χ3v) is 3.46. The van der Waals surface area contributed by atoms with Crippen LogP contribution in [0.5, 0.6) is 0 Å². The number of nitrogens with zero attached hydrogens (tertiary/aromatic N) is 1. The summed E-state index contributed by atoms with van der Waals surface area (Å²) >= 11 is 6.26. The van der Waals surface area contributed by atoms with Crippen LogP contribution in [0.3, 0.4) is 0 Å². The number of aromatic carboxylic acids is 1. The average molecular weight is 268 g/mol. The highest BCUT2D eigenvalue weighted by Crippen LogP contribution is 2.21. The molecule has 0 atom stereocenters. The van der Waals surface area contributed by atoms with Crippen LogP contribution in [0, 0.1) is 0 Å². The quantitative estimate of drug-likeness (QED) is 0.811. The fraction of sp³-hybridized carbons (Fsp3) is 0.100. The van der Waals surface area contributed by atoms with Gasteiger partial charge in [-0.15, -0.1) is 0 Å². The van der Waals surface area contributed by atoms with Crippen molar-refractivity contribution in [2.75, 3.05) is 11.2 Å². The highest BCUT2D eigenvalue weighted by atomic mass is 32.2. The maximum absolute atomic E-state index is 11.4. The smallest absolute Gasteiger partial charge is 0.335 e. The number of thiocarbonyl (C=S) groups is 1. The monoisotopic (exact) mass is 268 g/mol. The van der Waals surface area contributed by atoms with Crippen LogP contribution in [-0.2, 0) is 4.79 Å². The molecule has 0 bridgehead atoms. The molecule has 0 spiro atoms. The average Bonchev–Trinajstić information content (AvgIpc) is 2.61. The second-order valence-corrected chi connectivity index (χ2v) is 4.89. The molecule has 0 radical (unpaired) electrons. The van der Waals surface area contributed by atoms with Crippen molar-refractivity contribution in [1.29, 1.82) is 0 Å². The van der Waals surface area contributed by atoms with Gasteiger partial charge in [-0.25, -0.2) is 9.80 Å². The third kappa shape index (κ3) is 2.56. The van der Waals surface area contributed by atoms with E-state index in [1.165, 1.54) is 28.9 Å². The van der Waals surface area contributed by atoms with Crippen molar-refractivity contribution in [3.05, 3.63) is 29.8 Å². The number of carboxylic acid groups (broad SMARTS) is 1. The molecule has 0 saturated carbocycles. The highest BCUT2D eigenvalue weighted by Gasteiger charge is 2.26. The highest BCUT2D eigenvalue weighted by molar-refractivity contribution is 8.23. The minimum Gasteiger partial charge on any atom is -0.478 e. The van der Waals surface area contributed by atoms with Crippen molar-refractivity contribution < 1.29 is 14.7 Å². The standard InChI is InChI=1S/C10H8N2O3S2/c13-8-5-17-10(16)12(8)11-7-3-1-2-6(4-7)9(14)15/h1-4,11H,5H2,(H,14,15). The molecule has 1 aromatic carbocycles. The summed E-state index contributed by atoms with van der Waals surface area (Å²) in [5, 5.41) is 10.1. The summed E-state index contributed by atoms with van der Waals surface area (Å²) < 4.78 is 0.440. The van der Waals surface area contributed by atoms with Crippen molar-refractivity contribution >= 4 is 45.9 Å². The molecule has 0 aliphatic carbocycles. The van der Waals surface area contributed by atoms with Gasteiger partial charge in [0, 0.05) is 0 Å². The second-order valence-electron chi connectivity index (χ2n) is 3.28. The summed E-state index contributed by atoms with van der Waals surface area (Å²) in [7, 11) is 0. The van der Waals surface area contributed by atoms with Crippen molar-refractivity contribution in [2.24, 2.45) is 0 Å². The van der Waals surface area contributed by atoms with E-state index in [2.05, 4.69) is 5.43 Å². The Kier molecular flexibility index (Phi) is 3.30. The molecule has 1 aliphatic rings. The number of amides is 1. The largest absolute Gasteiger partial charge is 0.478 e. The number of carboxylic acids is 1. The van der Waals surface area contributed by atoms with E-state index >= 15 is 0 Å². The Balaban J connectivity index is 2.18. The summed E-state index contributed by atoms with van der Waals surface area (Å²) in [6, 6.07) is 6.20. The fourth-order valence-corrected chi connectivity index (χ4v) is 2.29. The van der Waals surface area contributed by atoms with Gasteiger partial charge in [0.15, 0.2) is 4.32 Å². The van der Waals surface area contributed by atoms with Gasteiger partial charge in [0.2, 0.25) is 0 Å². The zero-order valence-electron chi connectivity index (χ0n) is 8.54. The van der Waals surface area contributed by atoms with Gasteiger partial charge < -0.3 is 5.11 Å². The van der Waals surface area contributed by atoms with Crippen molar-refractivity contribution in [1.82, 2.24) is 5.01 Å². The minimum atomic E-state index is -1.02. The van der Waals surface area contributed by atoms with E-state index in [1.807, 2.05) is 0 Å². The number of hydrogen-bond donors (Lipinski definition) is 2. The van der Waals surface area contributed by atoms with Crippen LogP contribution in [0.25, 0.3) is 0 Å². The number of rotatable bonds is 3. The first-order valence-corrected chi connectivity index (χ1v) is 6.07. The molecule has 2 rings (SSSR count). The van der Waals surface area contributed by atoms with Crippen LogP contribution in [0.1, 0.15) is 10.4 Å². The van der Waals surface area contributed by atoms with Crippen LogP contribution in [-0.4, -0.2) is 32.1 Å². The van der Waals surface area contributed by atoms with Crippen LogP contribution >= 0.6 is 24.0 Å². The molecular formula is C10H8N2O3S2. The predicted octanol–water partition coefficient (Wildman–Crippen LogP) is 1.57. The van der Waals surface area contributed by atoms with Crippen LogP contribution in [0.2, 0.25) is 0 Å². The third-order valence-electron chi connectivity index (χ3n) is 2.10. The SMILES string of the molecule is O=C(O)c1cccc(NN2C(=O)CSC2=S)c1. The molecule has 88 valence electrons. The summed E-state index contributed by atoms with van der Waals surface area (Å²) in [5.41, 5.74) is 3.46. The van der Waals surface area contributed by atoms with E-state index in [1.54, 1.807) is 12.1 Å². The van der Waals surface area contributed by atoms with E-state index in [0.717, 1.165) is 0 Å². The van der Waals surface area contributed by atoms with Crippen molar-refractivity contribution in [2.45, 2.75) is 0 Å². The van der Waals surface area contributed by atoms with Gasteiger partial charge in [-0.1, -0.05) is 30.0 Å². The van der Waals surface area contributed by atoms with Gasteiger partial charge in [0.05, 0.1) is 17.0 Å². The predicted molar refractivity (Wildman–Crippen MR) is 68.9 cm³/mol. The Labute approximate surface area is 107 Å². The maximum Gasteiger partial charge on any atom is 0.335 e. The lowest BCUT2D eigenvalue weighted by Crippen LogP contribution is -2.34. The Hall–Kier alpha value is -1.60. The zero-order chi connectivity index (χ0) is 12.4. The Morgan fingerprint density at radius 1 is 1.53 bits per heavy atom. The van der Waals surface area contributed by atoms with Gasteiger partial charge in [-0.3, -0.25) is 10.2 Å². The number of thioether (sulfide) groups is 1. The van der Waals surface area contributed by atoms with Crippen LogP contribution in [0.15, 0.2) is 24.3 Å². The molecule has 0 unspecified atom stereocenters. The maximum atomic E-state index is 11.4. The number of anilines is 1. The number of benzene rings is 1. The molecule has 1 heterocycles. The normalized spacial score (nSPS) is 15.2. The topological polar surface area (TPSA) is 69.6 Å². The van der Waals surface area contributed by atoms with Gasteiger partial charge >= 0.3 is 5.97 Å². The fourth-order valence-electron chi connectivity index (χ4n) is 1.31. The Morgan fingerprint density at radius 2 is 2.29 bits per heavy atom. The summed E-state index contributed by atoms with van der Waals surface area (Å²) in [4.78, 5) is 22.2. The lowest BCUT2D eigenvalue weighted by atomic mass is 10.2. The lowest BCUT2D eigenvalue weighted by Gasteiger charge is -2.17. The van der Waals surface area contributed by atoms with Crippen LogP contribution in [0.4, 0.5) is 5.69 Å². The molecule has 7 heteroatoms. The van der Waals surface area contributed by atoms with Gasteiger partial charge in [-0.05, 0) is 18.2 Å². The van der Waals surface area contributed by atoms with Gasteiger partial charge in [-0.2, -0.15) is 0 Å². The lowest BCUT2D eigenvalue weighted by molar-refractivity contribution is -0.123. The molecule has 1 fully saturated rings. The number of hydrogen-bond acceptors (Lipinski definition) is 5.